The summed E-state index contributed by atoms with van der Waals surface area (Å²) < 4.78 is 5.16. The van der Waals surface area contributed by atoms with Gasteiger partial charge in [-0.3, -0.25) is 4.79 Å². The fourth-order valence-electron chi connectivity index (χ4n) is 3.46. The van der Waals surface area contributed by atoms with E-state index in [1.54, 1.807) is 0 Å². The molecule has 2 fully saturated rings. The molecule has 6 nitrogen and oxygen atoms in total. The van der Waals surface area contributed by atoms with Gasteiger partial charge in [-0.15, -0.1) is 0 Å². The lowest BCUT2D eigenvalue weighted by Gasteiger charge is -2.35. The molecule has 21 heavy (non-hydrogen) atoms. The number of hydrogen-bond acceptors (Lipinski definition) is 3. The fraction of sp³-hybridized carbons (Fsp3) is 0.867. The van der Waals surface area contributed by atoms with E-state index in [-0.39, 0.29) is 25.3 Å². The van der Waals surface area contributed by atoms with Crippen LogP contribution in [-0.2, 0) is 9.53 Å². The predicted molar refractivity (Wildman–Crippen MR) is 78.0 cm³/mol. The van der Waals surface area contributed by atoms with Crippen LogP contribution >= 0.6 is 0 Å². The summed E-state index contributed by atoms with van der Waals surface area (Å²) in [5.41, 5.74) is 0. The second-order valence-corrected chi connectivity index (χ2v) is 6.51. The third kappa shape index (κ3) is 4.09. The van der Waals surface area contributed by atoms with E-state index in [4.69, 9.17) is 9.84 Å². The average molecular weight is 298 g/mol. The van der Waals surface area contributed by atoms with Crippen molar-refractivity contribution in [1.29, 1.82) is 0 Å². The molecule has 0 aromatic carbocycles. The number of hydrogen-bond donors (Lipinski definition) is 3. The molecule has 0 radical (unpaired) electrons. The smallest absolute Gasteiger partial charge is 0.315 e. The average Bonchev–Trinajstić information content (AvgIpc) is 2.87. The summed E-state index contributed by atoms with van der Waals surface area (Å²) in [7, 11) is 0. The van der Waals surface area contributed by atoms with Crippen molar-refractivity contribution < 1.29 is 19.4 Å². The standard InChI is InChI=1S/C15H26N2O4/c1-9(2)10-5-3-4-6-12(10)16-15(20)17-13-8-21-7-11(13)14(18)19/h9-13H,3-8H2,1-2H3,(H,18,19)(H2,16,17,20). The van der Waals surface area contributed by atoms with Gasteiger partial charge in [-0.2, -0.15) is 0 Å². The number of carbonyl (C=O) groups excluding carboxylic acids is 1. The third-order valence-electron chi connectivity index (χ3n) is 4.71. The van der Waals surface area contributed by atoms with Crippen LogP contribution in [0.3, 0.4) is 0 Å². The Morgan fingerprint density at radius 1 is 1.10 bits per heavy atom. The van der Waals surface area contributed by atoms with Crippen LogP contribution in [0.5, 0.6) is 0 Å². The Balaban J connectivity index is 1.87. The van der Waals surface area contributed by atoms with Crippen LogP contribution in [0.4, 0.5) is 4.79 Å². The van der Waals surface area contributed by atoms with E-state index in [1.165, 1.54) is 6.42 Å². The molecule has 2 rings (SSSR count). The van der Waals surface area contributed by atoms with Gasteiger partial charge in [0.05, 0.1) is 19.3 Å². The first kappa shape index (κ1) is 16.1. The van der Waals surface area contributed by atoms with Crippen LogP contribution in [-0.4, -0.2) is 42.4 Å². The number of carboxylic acid groups (broad SMARTS) is 1. The first-order valence-corrected chi connectivity index (χ1v) is 7.86. The molecule has 120 valence electrons. The maximum atomic E-state index is 12.1. The summed E-state index contributed by atoms with van der Waals surface area (Å²) in [6.07, 6.45) is 4.51. The molecule has 6 heteroatoms. The number of amides is 2. The van der Waals surface area contributed by atoms with Crippen molar-refractivity contribution in [3.8, 4) is 0 Å². The molecule has 4 atom stereocenters. The molecule has 0 aromatic heterocycles. The summed E-state index contributed by atoms with van der Waals surface area (Å²) >= 11 is 0. The van der Waals surface area contributed by atoms with Crippen molar-refractivity contribution in [2.24, 2.45) is 17.8 Å². The molecule has 0 aromatic rings. The number of ether oxygens (including phenoxy) is 1. The molecule has 2 amide bonds. The van der Waals surface area contributed by atoms with Crippen LogP contribution in [0.15, 0.2) is 0 Å². The van der Waals surface area contributed by atoms with E-state index in [0.717, 1.165) is 19.3 Å². The number of urea groups is 1. The van der Waals surface area contributed by atoms with Crippen LogP contribution in [0.25, 0.3) is 0 Å². The molecule has 1 heterocycles. The normalized spacial score (nSPS) is 32.9. The largest absolute Gasteiger partial charge is 0.481 e. The Morgan fingerprint density at radius 3 is 2.43 bits per heavy atom. The monoisotopic (exact) mass is 298 g/mol. The van der Waals surface area contributed by atoms with Crippen molar-refractivity contribution in [1.82, 2.24) is 10.6 Å². The summed E-state index contributed by atoms with van der Waals surface area (Å²) in [5, 5.41) is 14.9. The zero-order valence-corrected chi connectivity index (χ0v) is 12.8. The first-order chi connectivity index (χ1) is 9.99. The van der Waals surface area contributed by atoms with Crippen LogP contribution in [0.1, 0.15) is 39.5 Å². The van der Waals surface area contributed by atoms with Gasteiger partial charge in [0.1, 0.15) is 5.92 Å². The lowest BCUT2D eigenvalue weighted by molar-refractivity contribution is -0.142. The number of nitrogens with one attached hydrogen (secondary N) is 2. The molecule has 3 N–H and O–H groups in total. The maximum Gasteiger partial charge on any atom is 0.315 e. The van der Waals surface area contributed by atoms with Gasteiger partial charge >= 0.3 is 12.0 Å². The quantitative estimate of drug-likeness (QED) is 0.735. The molecule has 1 aliphatic heterocycles. The molecule has 1 saturated carbocycles. The van der Waals surface area contributed by atoms with E-state index < -0.39 is 17.9 Å². The summed E-state index contributed by atoms with van der Waals surface area (Å²) in [6, 6.07) is -0.526. The van der Waals surface area contributed by atoms with Crippen LogP contribution in [0, 0.1) is 17.8 Å². The fourth-order valence-corrected chi connectivity index (χ4v) is 3.46. The highest BCUT2D eigenvalue weighted by Crippen LogP contribution is 2.30. The SMILES string of the molecule is CC(C)C1CCCCC1NC(=O)NC1COCC1C(=O)O. The van der Waals surface area contributed by atoms with E-state index in [1.807, 2.05) is 0 Å². The van der Waals surface area contributed by atoms with Crippen molar-refractivity contribution in [3.05, 3.63) is 0 Å². The van der Waals surface area contributed by atoms with E-state index in [2.05, 4.69) is 24.5 Å². The highest BCUT2D eigenvalue weighted by molar-refractivity contribution is 5.77. The molecular formula is C15H26N2O4. The summed E-state index contributed by atoms with van der Waals surface area (Å²) in [4.78, 5) is 23.2. The Morgan fingerprint density at radius 2 is 1.76 bits per heavy atom. The zero-order chi connectivity index (χ0) is 15.4. The predicted octanol–water partition coefficient (Wildman–Crippen LogP) is 1.60. The highest BCUT2D eigenvalue weighted by Gasteiger charge is 2.36. The van der Waals surface area contributed by atoms with E-state index >= 15 is 0 Å². The van der Waals surface area contributed by atoms with Gasteiger partial charge in [0.15, 0.2) is 0 Å². The van der Waals surface area contributed by atoms with Gasteiger partial charge in [-0.25, -0.2) is 4.79 Å². The van der Waals surface area contributed by atoms with E-state index in [9.17, 15) is 9.59 Å². The molecule has 0 spiro atoms. The molecule has 4 unspecified atom stereocenters. The topological polar surface area (TPSA) is 87.7 Å². The Bertz CT molecular complexity index is 386. The minimum absolute atomic E-state index is 0.165. The van der Waals surface area contributed by atoms with Gasteiger partial charge in [-0.1, -0.05) is 26.7 Å². The number of rotatable bonds is 4. The highest BCUT2D eigenvalue weighted by atomic mass is 16.5. The summed E-state index contributed by atoms with van der Waals surface area (Å²) in [5.74, 6) is -0.532. The molecule has 1 aliphatic carbocycles. The Hall–Kier alpha value is -1.30. The first-order valence-electron chi connectivity index (χ1n) is 7.86. The van der Waals surface area contributed by atoms with Crippen molar-refractivity contribution in [3.63, 3.8) is 0 Å². The number of carbonyl (C=O) groups is 2. The Labute approximate surface area is 125 Å². The molecular weight excluding hydrogens is 272 g/mol. The van der Waals surface area contributed by atoms with Crippen LogP contribution in [0.2, 0.25) is 0 Å². The summed E-state index contributed by atoms with van der Waals surface area (Å²) in [6.45, 7) is 4.81. The zero-order valence-electron chi connectivity index (χ0n) is 12.8. The molecule has 1 saturated heterocycles. The van der Waals surface area contributed by atoms with Crippen molar-refractivity contribution in [2.75, 3.05) is 13.2 Å². The van der Waals surface area contributed by atoms with Gasteiger partial charge in [-0.05, 0) is 24.7 Å². The van der Waals surface area contributed by atoms with Gasteiger partial charge < -0.3 is 20.5 Å². The van der Waals surface area contributed by atoms with Gasteiger partial charge in [0.2, 0.25) is 0 Å². The second-order valence-electron chi connectivity index (χ2n) is 6.51. The van der Waals surface area contributed by atoms with Crippen molar-refractivity contribution in [2.45, 2.75) is 51.6 Å². The van der Waals surface area contributed by atoms with Crippen LogP contribution < -0.4 is 10.6 Å². The lowest BCUT2D eigenvalue weighted by atomic mass is 9.78. The minimum Gasteiger partial charge on any atom is -0.481 e. The maximum absolute atomic E-state index is 12.1. The minimum atomic E-state index is -0.921. The second kappa shape index (κ2) is 7.11. The number of carboxylic acids is 1. The lowest BCUT2D eigenvalue weighted by Crippen LogP contribution is -2.52. The van der Waals surface area contributed by atoms with Gasteiger partial charge in [0.25, 0.3) is 0 Å². The Kier molecular flexibility index (Phi) is 5.45. The number of aliphatic carboxylic acids is 1. The van der Waals surface area contributed by atoms with E-state index in [0.29, 0.717) is 11.8 Å². The third-order valence-corrected chi connectivity index (χ3v) is 4.71. The molecule has 2 aliphatic rings. The van der Waals surface area contributed by atoms with Gasteiger partial charge in [0, 0.05) is 6.04 Å². The molecule has 0 bridgehead atoms. The van der Waals surface area contributed by atoms with Crippen molar-refractivity contribution >= 4 is 12.0 Å².